The standard InChI is InChI=1S/C4H4S.CN.Li/c1-2-4-5-3-1;1-2;/h1-4H;;/q;-1;+1. The first-order chi connectivity index (χ1) is 3.50. The van der Waals surface area contributed by atoms with E-state index < -0.39 is 0 Å². The molecule has 0 saturated heterocycles. The van der Waals surface area contributed by atoms with Gasteiger partial charge in [-0.1, -0.05) is 12.1 Å². The molecule has 1 rings (SSSR count). The Morgan fingerprint density at radius 2 is 1.50 bits per heavy atom. The fraction of sp³-hybridized carbons (Fsp3) is 0. The summed E-state index contributed by atoms with van der Waals surface area (Å²) < 4.78 is 0. The zero-order chi connectivity index (χ0) is 5.54. The molecule has 36 valence electrons. The van der Waals surface area contributed by atoms with E-state index in [2.05, 4.69) is 0 Å². The van der Waals surface area contributed by atoms with Gasteiger partial charge >= 0.3 is 18.9 Å². The first-order valence-electron chi connectivity index (χ1n) is 1.70. The molecule has 0 bridgehead atoms. The minimum Gasteiger partial charge on any atom is -0.512 e. The Morgan fingerprint density at radius 1 is 1.12 bits per heavy atom. The molecule has 0 aliphatic carbocycles. The summed E-state index contributed by atoms with van der Waals surface area (Å²) in [5, 5.41) is 10.3. The van der Waals surface area contributed by atoms with Gasteiger partial charge in [0.15, 0.2) is 0 Å². The molecule has 1 aromatic heterocycles. The van der Waals surface area contributed by atoms with Crippen LogP contribution in [0.4, 0.5) is 0 Å². The van der Waals surface area contributed by atoms with Crippen LogP contribution >= 0.6 is 11.3 Å². The maximum absolute atomic E-state index is 6.25. The largest absolute Gasteiger partial charge is 1.00 e. The molecule has 1 nitrogen and oxygen atoms in total. The second kappa shape index (κ2) is 9.92. The van der Waals surface area contributed by atoms with Crippen molar-refractivity contribution in [3.8, 4) is 0 Å². The molecule has 0 amide bonds. The van der Waals surface area contributed by atoms with Crippen LogP contribution in [0.3, 0.4) is 0 Å². The van der Waals surface area contributed by atoms with Gasteiger partial charge in [-0.25, -0.2) is 0 Å². The molecule has 1 heterocycles. The first-order valence-corrected chi connectivity index (χ1v) is 2.64. The van der Waals surface area contributed by atoms with Crippen molar-refractivity contribution >= 4 is 11.3 Å². The van der Waals surface area contributed by atoms with Crippen LogP contribution in [0.15, 0.2) is 22.9 Å². The van der Waals surface area contributed by atoms with Crippen molar-refractivity contribution in [2.45, 2.75) is 0 Å². The Labute approximate surface area is 65.1 Å². The molecule has 0 aromatic carbocycles. The van der Waals surface area contributed by atoms with Gasteiger partial charge in [-0.05, 0) is 10.8 Å². The number of hydrogen-bond acceptors (Lipinski definition) is 2. The van der Waals surface area contributed by atoms with Crippen LogP contribution in [0.5, 0.6) is 0 Å². The molecule has 0 radical (unpaired) electrons. The number of hydrogen-bond donors (Lipinski definition) is 0. The monoisotopic (exact) mass is 117 g/mol. The molecular weight excluding hydrogens is 113 g/mol. The SMILES string of the molecule is [C-]#N.[Li+].c1ccsc1. The molecule has 1 aromatic rings. The molecule has 0 unspecified atom stereocenters. The van der Waals surface area contributed by atoms with Crippen molar-refractivity contribution in [3.63, 3.8) is 0 Å². The van der Waals surface area contributed by atoms with Gasteiger partial charge in [-0.3, -0.25) is 0 Å². The molecule has 0 aliphatic rings. The van der Waals surface area contributed by atoms with E-state index in [1.807, 2.05) is 22.9 Å². The Balaban J connectivity index is 0. The van der Waals surface area contributed by atoms with Crippen LogP contribution in [-0.2, 0) is 0 Å². The second-order valence-corrected chi connectivity index (χ2v) is 1.61. The van der Waals surface area contributed by atoms with Crippen LogP contribution in [0.25, 0.3) is 0 Å². The zero-order valence-electron chi connectivity index (χ0n) is 4.66. The molecule has 3 heteroatoms. The first kappa shape index (κ1) is 10.7. The minimum absolute atomic E-state index is 0. The molecule has 0 fully saturated rings. The molecule has 0 atom stereocenters. The fourth-order valence-electron chi connectivity index (χ4n) is 0.227. The van der Waals surface area contributed by atoms with Gasteiger partial charge in [-0.2, -0.15) is 11.3 Å². The quantitative estimate of drug-likeness (QED) is 0.311. The van der Waals surface area contributed by atoms with Gasteiger partial charge < -0.3 is 11.8 Å². The van der Waals surface area contributed by atoms with Crippen molar-refractivity contribution in [3.05, 3.63) is 29.5 Å². The van der Waals surface area contributed by atoms with Crippen LogP contribution in [0.2, 0.25) is 0 Å². The average Bonchev–Trinajstić information content (AvgIpc) is 2.23. The molecule has 8 heavy (non-hydrogen) atoms. The Bertz CT molecular complexity index is 96.0. The summed E-state index contributed by atoms with van der Waals surface area (Å²) in [7, 11) is 0. The third kappa shape index (κ3) is 5.79. The van der Waals surface area contributed by atoms with Gasteiger partial charge in [0.1, 0.15) is 0 Å². The van der Waals surface area contributed by atoms with Crippen molar-refractivity contribution in [2.24, 2.45) is 0 Å². The number of rotatable bonds is 0. The van der Waals surface area contributed by atoms with Crippen molar-refractivity contribution in [2.75, 3.05) is 0 Å². The smallest absolute Gasteiger partial charge is 0.512 e. The predicted octanol–water partition coefficient (Wildman–Crippen LogP) is -1.15. The fourth-order valence-corrected chi connectivity index (χ4v) is 0.680. The summed E-state index contributed by atoms with van der Waals surface area (Å²) >= 11 is 1.71. The van der Waals surface area contributed by atoms with E-state index in [1.165, 1.54) is 0 Å². The van der Waals surface area contributed by atoms with E-state index in [-0.39, 0.29) is 18.9 Å². The molecule has 0 N–H and O–H groups in total. The van der Waals surface area contributed by atoms with Gasteiger partial charge in [0.2, 0.25) is 0 Å². The number of thiophene rings is 1. The van der Waals surface area contributed by atoms with Crippen LogP contribution in [0, 0.1) is 11.8 Å². The average molecular weight is 117 g/mol. The second-order valence-electron chi connectivity index (χ2n) is 0.793. The summed E-state index contributed by atoms with van der Waals surface area (Å²) in [4.78, 5) is 0. The minimum atomic E-state index is 0. The summed E-state index contributed by atoms with van der Waals surface area (Å²) in [6.07, 6.45) is 0. The van der Waals surface area contributed by atoms with Crippen molar-refractivity contribution < 1.29 is 18.9 Å². The summed E-state index contributed by atoms with van der Waals surface area (Å²) in [5.74, 6) is 0. The van der Waals surface area contributed by atoms with Crippen LogP contribution in [0.1, 0.15) is 0 Å². The van der Waals surface area contributed by atoms with E-state index in [4.69, 9.17) is 11.8 Å². The third-order valence-corrected chi connectivity index (χ3v) is 1.05. The maximum atomic E-state index is 6.25. The van der Waals surface area contributed by atoms with E-state index in [9.17, 15) is 0 Å². The molecule has 0 spiro atoms. The third-order valence-electron chi connectivity index (χ3n) is 0.425. The normalized spacial score (nSPS) is 5.25. The van der Waals surface area contributed by atoms with Crippen LogP contribution in [-0.4, -0.2) is 0 Å². The summed E-state index contributed by atoms with van der Waals surface area (Å²) in [6, 6.07) is 4.04. The van der Waals surface area contributed by atoms with Crippen molar-refractivity contribution in [1.29, 1.82) is 5.26 Å². The topological polar surface area (TPSA) is 23.8 Å². The summed E-state index contributed by atoms with van der Waals surface area (Å²) in [6.45, 7) is 4.75. The Morgan fingerprint density at radius 3 is 1.62 bits per heavy atom. The Kier molecular flexibility index (Phi) is 13.3. The molecule has 0 aliphatic heterocycles. The molecule has 0 saturated carbocycles. The Hall–Kier alpha value is -0.213. The van der Waals surface area contributed by atoms with Crippen molar-refractivity contribution in [1.82, 2.24) is 0 Å². The summed E-state index contributed by atoms with van der Waals surface area (Å²) in [5.41, 5.74) is 0. The van der Waals surface area contributed by atoms with Gasteiger partial charge in [0.05, 0.1) is 0 Å². The van der Waals surface area contributed by atoms with E-state index in [1.54, 1.807) is 11.3 Å². The number of nitrogens with zero attached hydrogens (tertiary/aromatic N) is 1. The van der Waals surface area contributed by atoms with Crippen LogP contribution < -0.4 is 18.9 Å². The van der Waals surface area contributed by atoms with Gasteiger partial charge in [0, 0.05) is 0 Å². The zero-order valence-corrected chi connectivity index (χ0v) is 5.48. The predicted molar refractivity (Wildman–Crippen MR) is 29.3 cm³/mol. The van der Waals surface area contributed by atoms with E-state index in [0.717, 1.165) is 0 Å². The maximum Gasteiger partial charge on any atom is 1.00 e. The van der Waals surface area contributed by atoms with E-state index in [0.29, 0.717) is 0 Å². The molecular formula is C5H4LiNS. The van der Waals surface area contributed by atoms with E-state index >= 15 is 0 Å². The van der Waals surface area contributed by atoms with Gasteiger partial charge in [0.25, 0.3) is 0 Å². The van der Waals surface area contributed by atoms with Gasteiger partial charge in [-0.15, -0.1) is 0 Å².